The number of carbonyl (C=O) groups excluding carboxylic acids is 2. The zero-order valence-electron chi connectivity index (χ0n) is 24.0. The fourth-order valence-electron chi connectivity index (χ4n) is 4.00. The highest BCUT2D eigenvalue weighted by atomic mass is 35.5. The summed E-state index contributed by atoms with van der Waals surface area (Å²) in [6, 6.07) is 18.2. The first-order valence-corrected chi connectivity index (χ1v) is 14.7. The highest BCUT2D eigenvalue weighted by molar-refractivity contribution is 7.92. The van der Waals surface area contributed by atoms with Crippen LogP contribution in [0.15, 0.2) is 77.7 Å². The molecular formula is C30H36ClN3O6S. The molecule has 0 radical (unpaired) electrons. The number of ether oxygens (including phenoxy) is 2. The molecule has 3 aromatic rings. The van der Waals surface area contributed by atoms with Gasteiger partial charge in [-0.2, -0.15) is 0 Å². The smallest absolute Gasteiger partial charge is 0.264 e. The van der Waals surface area contributed by atoms with Crippen molar-refractivity contribution in [1.29, 1.82) is 0 Å². The topological polar surface area (TPSA) is 105 Å². The van der Waals surface area contributed by atoms with Gasteiger partial charge < -0.3 is 19.7 Å². The molecule has 0 aromatic heterocycles. The van der Waals surface area contributed by atoms with E-state index in [1.807, 2.05) is 20.8 Å². The molecule has 3 aromatic carbocycles. The quantitative estimate of drug-likeness (QED) is 0.336. The van der Waals surface area contributed by atoms with Crippen LogP contribution in [0.3, 0.4) is 0 Å². The van der Waals surface area contributed by atoms with Crippen LogP contribution in [0, 0.1) is 0 Å². The summed E-state index contributed by atoms with van der Waals surface area (Å²) < 4.78 is 39.2. The van der Waals surface area contributed by atoms with Gasteiger partial charge in [0.15, 0.2) is 0 Å². The lowest BCUT2D eigenvalue weighted by Crippen LogP contribution is -2.54. The number of anilines is 1. The van der Waals surface area contributed by atoms with E-state index in [0.29, 0.717) is 16.5 Å². The fraction of sp³-hybridized carbons (Fsp3) is 0.333. The number of methoxy groups -OCH3 is 2. The van der Waals surface area contributed by atoms with Crippen LogP contribution in [-0.2, 0) is 26.2 Å². The number of amides is 2. The molecule has 0 unspecified atom stereocenters. The number of rotatable bonds is 11. The molecule has 41 heavy (non-hydrogen) atoms. The van der Waals surface area contributed by atoms with E-state index in [0.717, 1.165) is 9.87 Å². The highest BCUT2D eigenvalue weighted by Crippen LogP contribution is 2.27. The molecule has 0 spiro atoms. The molecular weight excluding hydrogens is 566 g/mol. The van der Waals surface area contributed by atoms with E-state index in [2.05, 4.69) is 5.32 Å². The molecule has 2 amide bonds. The van der Waals surface area contributed by atoms with Gasteiger partial charge in [0.05, 0.1) is 24.8 Å². The van der Waals surface area contributed by atoms with E-state index in [4.69, 9.17) is 21.1 Å². The Bertz CT molecular complexity index is 1440. The van der Waals surface area contributed by atoms with Crippen molar-refractivity contribution >= 4 is 39.1 Å². The molecule has 11 heteroatoms. The Labute approximate surface area is 247 Å². The largest absolute Gasteiger partial charge is 0.497 e. The number of halogens is 1. The first-order chi connectivity index (χ1) is 19.2. The molecule has 0 aliphatic carbocycles. The zero-order valence-corrected chi connectivity index (χ0v) is 25.6. The third-order valence-electron chi connectivity index (χ3n) is 6.22. The van der Waals surface area contributed by atoms with Gasteiger partial charge in [0, 0.05) is 17.1 Å². The summed E-state index contributed by atoms with van der Waals surface area (Å²) in [7, 11) is -1.17. The molecule has 0 bridgehead atoms. The second-order valence-electron chi connectivity index (χ2n) is 10.4. The van der Waals surface area contributed by atoms with Crippen molar-refractivity contribution in [3.63, 3.8) is 0 Å². The molecule has 1 N–H and O–H groups in total. The SMILES string of the molecule is COc1ccc(CN(C(=O)CN(c2ccc(Cl)cc2)S(=O)(=O)c2ccc(OC)cc2)[C@@H](C)C(=O)NC(C)(C)C)cc1. The van der Waals surface area contributed by atoms with Gasteiger partial charge in [0.2, 0.25) is 11.8 Å². The predicted octanol–water partition coefficient (Wildman–Crippen LogP) is 4.88. The second-order valence-corrected chi connectivity index (χ2v) is 12.7. The average Bonchev–Trinajstić information content (AvgIpc) is 2.94. The number of hydrogen-bond acceptors (Lipinski definition) is 6. The monoisotopic (exact) mass is 601 g/mol. The average molecular weight is 602 g/mol. The molecule has 0 saturated carbocycles. The number of nitrogens with zero attached hydrogens (tertiary/aromatic N) is 2. The minimum atomic E-state index is -4.21. The summed E-state index contributed by atoms with van der Waals surface area (Å²) in [4.78, 5) is 28.5. The van der Waals surface area contributed by atoms with Crippen molar-refractivity contribution in [3.05, 3.63) is 83.4 Å². The first-order valence-electron chi connectivity index (χ1n) is 12.9. The number of nitrogens with one attached hydrogen (secondary N) is 1. The van der Waals surface area contributed by atoms with Gasteiger partial charge in [-0.25, -0.2) is 8.42 Å². The Hall–Kier alpha value is -3.76. The van der Waals surface area contributed by atoms with Crippen molar-refractivity contribution in [2.45, 2.75) is 50.7 Å². The standard InChI is InChI=1S/C30H36ClN3O6S/c1-21(29(36)32-30(2,3)4)33(19-22-7-13-25(39-5)14-8-22)28(35)20-34(24-11-9-23(31)10-12-24)41(37,38)27-17-15-26(40-6)16-18-27/h7-18,21H,19-20H2,1-6H3,(H,32,36)/t21-/m0/s1. The summed E-state index contributed by atoms with van der Waals surface area (Å²) in [5, 5.41) is 3.32. The van der Waals surface area contributed by atoms with Crippen molar-refractivity contribution in [2.24, 2.45) is 0 Å². The lowest BCUT2D eigenvalue weighted by Gasteiger charge is -2.33. The Morgan fingerprint density at radius 1 is 0.878 bits per heavy atom. The zero-order chi connectivity index (χ0) is 30.4. The second kappa shape index (κ2) is 13.3. The van der Waals surface area contributed by atoms with Gasteiger partial charge in [-0.3, -0.25) is 13.9 Å². The van der Waals surface area contributed by atoms with Gasteiger partial charge in [0.1, 0.15) is 24.1 Å². The van der Waals surface area contributed by atoms with Crippen LogP contribution in [0.4, 0.5) is 5.69 Å². The van der Waals surface area contributed by atoms with E-state index < -0.39 is 34.1 Å². The molecule has 0 saturated heterocycles. The van der Waals surface area contributed by atoms with Crippen molar-refractivity contribution < 1.29 is 27.5 Å². The number of benzene rings is 3. The predicted molar refractivity (Wildman–Crippen MR) is 160 cm³/mol. The van der Waals surface area contributed by atoms with Crippen LogP contribution in [0.5, 0.6) is 11.5 Å². The Kier molecular flexibility index (Phi) is 10.3. The van der Waals surface area contributed by atoms with E-state index in [1.165, 1.54) is 48.4 Å². The van der Waals surface area contributed by atoms with Crippen molar-refractivity contribution in [3.8, 4) is 11.5 Å². The van der Waals surface area contributed by atoms with Crippen LogP contribution in [-0.4, -0.2) is 57.5 Å². The number of carbonyl (C=O) groups is 2. The van der Waals surface area contributed by atoms with Gasteiger partial charge in [-0.15, -0.1) is 0 Å². The molecule has 0 heterocycles. The minimum Gasteiger partial charge on any atom is -0.497 e. The number of hydrogen-bond donors (Lipinski definition) is 1. The van der Waals surface area contributed by atoms with Crippen LogP contribution >= 0.6 is 11.6 Å². The van der Waals surface area contributed by atoms with Gasteiger partial charge in [0.25, 0.3) is 10.0 Å². The summed E-state index contributed by atoms with van der Waals surface area (Å²) in [5.41, 5.74) is 0.452. The summed E-state index contributed by atoms with van der Waals surface area (Å²) in [5.74, 6) is 0.201. The molecule has 3 rings (SSSR count). The molecule has 0 fully saturated rings. The summed E-state index contributed by atoms with van der Waals surface area (Å²) >= 11 is 6.07. The molecule has 0 aliphatic heterocycles. The Balaban J connectivity index is 2.02. The molecule has 1 atom stereocenters. The third kappa shape index (κ3) is 8.37. The maximum atomic E-state index is 14.0. The van der Waals surface area contributed by atoms with Crippen LogP contribution in [0.25, 0.3) is 0 Å². The Morgan fingerprint density at radius 3 is 1.88 bits per heavy atom. The summed E-state index contributed by atoms with van der Waals surface area (Å²) in [6.07, 6.45) is 0. The van der Waals surface area contributed by atoms with Gasteiger partial charge in [-0.05, 0) is 93.9 Å². The fourth-order valence-corrected chi connectivity index (χ4v) is 5.54. The molecule has 0 aliphatic rings. The van der Waals surface area contributed by atoms with E-state index in [9.17, 15) is 18.0 Å². The summed E-state index contributed by atoms with van der Waals surface area (Å²) in [6.45, 7) is 6.66. The first kappa shape index (κ1) is 31.8. The van der Waals surface area contributed by atoms with E-state index >= 15 is 0 Å². The third-order valence-corrected chi connectivity index (χ3v) is 8.26. The van der Waals surface area contributed by atoms with E-state index in [-0.39, 0.29) is 23.0 Å². The van der Waals surface area contributed by atoms with E-state index in [1.54, 1.807) is 50.4 Å². The van der Waals surface area contributed by atoms with Gasteiger partial charge in [-0.1, -0.05) is 23.7 Å². The van der Waals surface area contributed by atoms with Crippen molar-refractivity contribution in [2.75, 3.05) is 25.1 Å². The van der Waals surface area contributed by atoms with Gasteiger partial charge >= 0.3 is 0 Å². The lowest BCUT2D eigenvalue weighted by molar-refractivity contribution is -0.140. The maximum Gasteiger partial charge on any atom is 0.264 e. The van der Waals surface area contributed by atoms with Crippen LogP contribution < -0.4 is 19.1 Å². The molecule has 9 nitrogen and oxygen atoms in total. The highest BCUT2D eigenvalue weighted by Gasteiger charge is 2.33. The minimum absolute atomic E-state index is 0.0266. The molecule has 220 valence electrons. The van der Waals surface area contributed by atoms with Crippen LogP contribution in [0.1, 0.15) is 33.3 Å². The normalized spacial score (nSPS) is 12.3. The number of sulfonamides is 1. The lowest BCUT2D eigenvalue weighted by atomic mass is 10.1. The Morgan fingerprint density at radius 2 is 1.39 bits per heavy atom. The maximum absolute atomic E-state index is 14.0. The van der Waals surface area contributed by atoms with Crippen molar-refractivity contribution in [1.82, 2.24) is 10.2 Å². The van der Waals surface area contributed by atoms with Crippen LogP contribution in [0.2, 0.25) is 5.02 Å².